The molecule has 11 heteroatoms. The van der Waals surface area contributed by atoms with Gasteiger partial charge in [-0.05, 0) is 31.2 Å². The smallest absolute Gasteiger partial charge is 0.265 e. The maximum atomic E-state index is 13.1. The molecule has 0 saturated heterocycles. The summed E-state index contributed by atoms with van der Waals surface area (Å²) < 4.78 is 38.2. The third-order valence-corrected chi connectivity index (χ3v) is 7.50. The first-order valence-electron chi connectivity index (χ1n) is 10.9. The molecule has 2 aromatic carbocycles. The van der Waals surface area contributed by atoms with Gasteiger partial charge in [0.15, 0.2) is 6.23 Å². The summed E-state index contributed by atoms with van der Waals surface area (Å²) in [7, 11) is -1.09. The molecule has 4 rings (SSSR count). The Morgan fingerprint density at radius 2 is 1.80 bits per heavy atom. The van der Waals surface area contributed by atoms with Crippen molar-refractivity contribution in [1.29, 1.82) is 0 Å². The third-order valence-electron chi connectivity index (χ3n) is 5.74. The molecule has 2 unspecified atom stereocenters. The van der Waals surface area contributed by atoms with Gasteiger partial charge in [0.1, 0.15) is 5.75 Å². The zero-order valence-corrected chi connectivity index (χ0v) is 20.5. The van der Waals surface area contributed by atoms with Crippen LogP contribution in [0.2, 0.25) is 0 Å². The van der Waals surface area contributed by atoms with Crippen LogP contribution in [-0.2, 0) is 10.0 Å². The molecule has 1 aliphatic rings. The van der Waals surface area contributed by atoms with Crippen molar-refractivity contribution in [3.05, 3.63) is 72.6 Å². The van der Waals surface area contributed by atoms with Crippen LogP contribution in [0.3, 0.4) is 0 Å². The normalized spacial score (nSPS) is 16.5. The van der Waals surface area contributed by atoms with Gasteiger partial charge in [-0.15, -0.1) is 0 Å². The van der Waals surface area contributed by atoms with E-state index in [4.69, 9.17) is 9.47 Å². The Morgan fingerprint density at radius 1 is 1.11 bits per heavy atom. The van der Waals surface area contributed by atoms with Crippen molar-refractivity contribution in [2.24, 2.45) is 11.0 Å². The Kier molecular flexibility index (Phi) is 7.17. The van der Waals surface area contributed by atoms with Crippen LogP contribution in [0.1, 0.15) is 18.7 Å². The lowest BCUT2D eigenvalue weighted by Crippen LogP contribution is -2.28. The van der Waals surface area contributed by atoms with E-state index in [-0.39, 0.29) is 22.5 Å². The van der Waals surface area contributed by atoms with Crippen molar-refractivity contribution in [3.8, 4) is 11.6 Å². The molecule has 2 atom stereocenters. The van der Waals surface area contributed by atoms with Gasteiger partial charge < -0.3 is 14.6 Å². The average molecular weight is 498 g/mol. The number of sulfonamides is 1. The molecule has 1 N–H and O–H groups in total. The second kappa shape index (κ2) is 10.3. The molecule has 0 bridgehead atoms. The lowest BCUT2D eigenvalue weighted by molar-refractivity contribution is 0.00470. The van der Waals surface area contributed by atoms with Crippen LogP contribution in [0.5, 0.6) is 11.6 Å². The molecule has 0 amide bonds. The molecular weight excluding hydrogens is 470 g/mol. The van der Waals surface area contributed by atoms with Crippen molar-refractivity contribution >= 4 is 21.6 Å². The summed E-state index contributed by atoms with van der Waals surface area (Å²) in [6, 6.07) is 15.5. The topological polar surface area (TPSA) is 117 Å². The molecule has 35 heavy (non-hydrogen) atoms. The predicted octanol–water partition coefficient (Wildman–Crippen LogP) is 2.69. The number of ether oxygens (including phenoxy) is 2. The summed E-state index contributed by atoms with van der Waals surface area (Å²) in [4.78, 5) is 8.16. The quantitative estimate of drug-likeness (QED) is 0.480. The van der Waals surface area contributed by atoms with E-state index in [0.29, 0.717) is 18.9 Å². The zero-order valence-electron chi connectivity index (χ0n) is 19.6. The highest BCUT2D eigenvalue weighted by molar-refractivity contribution is 7.92. The van der Waals surface area contributed by atoms with Crippen molar-refractivity contribution in [3.63, 3.8) is 0 Å². The SMILES string of the molecule is COc1nccnc1N(C)S(=O)(=O)c1ccc(OCC2CN(C(O)c3ccccc3)N=C2C)cc1. The van der Waals surface area contributed by atoms with Gasteiger partial charge in [0.25, 0.3) is 15.9 Å². The predicted molar refractivity (Wildman–Crippen MR) is 131 cm³/mol. The highest BCUT2D eigenvalue weighted by Crippen LogP contribution is 2.28. The third kappa shape index (κ3) is 5.20. The van der Waals surface area contributed by atoms with E-state index >= 15 is 0 Å². The Bertz CT molecular complexity index is 1290. The fourth-order valence-corrected chi connectivity index (χ4v) is 4.81. The van der Waals surface area contributed by atoms with E-state index < -0.39 is 16.3 Å². The number of aromatic nitrogens is 2. The number of benzene rings is 2. The number of hydrogen-bond donors (Lipinski definition) is 1. The first kappa shape index (κ1) is 24.4. The Hall–Kier alpha value is -3.70. The van der Waals surface area contributed by atoms with E-state index in [1.807, 2.05) is 37.3 Å². The summed E-state index contributed by atoms with van der Waals surface area (Å²) >= 11 is 0. The van der Waals surface area contributed by atoms with E-state index in [0.717, 1.165) is 15.6 Å². The van der Waals surface area contributed by atoms with Crippen LogP contribution in [0.15, 0.2) is 77.0 Å². The molecule has 0 fully saturated rings. The Balaban J connectivity index is 1.39. The van der Waals surface area contributed by atoms with Gasteiger partial charge in [-0.1, -0.05) is 30.3 Å². The van der Waals surface area contributed by atoms with Gasteiger partial charge >= 0.3 is 0 Å². The van der Waals surface area contributed by atoms with Crippen LogP contribution < -0.4 is 13.8 Å². The molecule has 1 aromatic heterocycles. The molecule has 0 saturated carbocycles. The number of aliphatic hydroxyl groups excluding tert-OH is 1. The van der Waals surface area contributed by atoms with Gasteiger partial charge in [0.05, 0.1) is 31.1 Å². The highest BCUT2D eigenvalue weighted by Gasteiger charge is 2.29. The van der Waals surface area contributed by atoms with Crippen molar-refractivity contribution in [2.45, 2.75) is 18.0 Å². The number of methoxy groups -OCH3 is 1. The molecule has 0 spiro atoms. The maximum absolute atomic E-state index is 13.1. The van der Waals surface area contributed by atoms with Gasteiger partial charge in [0.2, 0.25) is 5.82 Å². The lowest BCUT2D eigenvalue weighted by atomic mass is 10.1. The van der Waals surface area contributed by atoms with Gasteiger partial charge in [0, 0.05) is 30.7 Å². The fraction of sp³-hybridized carbons (Fsp3) is 0.292. The minimum atomic E-state index is -3.88. The standard InChI is InChI=1S/C24H27N5O5S/c1-17-19(15-29(27-17)24(30)18-7-5-4-6-8-18)16-34-20-9-11-21(12-10-20)35(31,32)28(2)22-23(33-3)26-14-13-25-22/h4-14,19,24,30H,15-16H2,1-3H3. The Labute approximate surface area is 204 Å². The molecule has 10 nitrogen and oxygen atoms in total. The number of hydrazone groups is 1. The molecule has 184 valence electrons. The zero-order chi connectivity index (χ0) is 25.0. The van der Waals surface area contributed by atoms with Crippen LogP contribution in [-0.4, -0.2) is 61.5 Å². The number of aliphatic hydroxyl groups is 1. The minimum Gasteiger partial charge on any atom is -0.493 e. The largest absolute Gasteiger partial charge is 0.493 e. The number of hydrogen-bond acceptors (Lipinski definition) is 9. The lowest BCUT2D eigenvalue weighted by Gasteiger charge is -2.22. The molecule has 0 aliphatic carbocycles. The summed E-state index contributed by atoms with van der Waals surface area (Å²) in [6.45, 7) is 2.76. The number of rotatable bonds is 9. The minimum absolute atomic E-state index is 0.00738. The van der Waals surface area contributed by atoms with Crippen molar-refractivity contribution in [1.82, 2.24) is 15.0 Å². The van der Waals surface area contributed by atoms with Gasteiger partial charge in [-0.25, -0.2) is 22.7 Å². The molecule has 0 radical (unpaired) electrons. The fourth-order valence-electron chi connectivity index (χ4n) is 3.66. The van der Waals surface area contributed by atoms with E-state index in [2.05, 4.69) is 15.1 Å². The average Bonchev–Trinajstić information content (AvgIpc) is 3.27. The summed E-state index contributed by atoms with van der Waals surface area (Å²) in [5.74, 6) is 0.720. The summed E-state index contributed by atoms with van der Waals surface area (Å²) in [6.07, 6.45) is 1.99. The van der Waals surface area contributed by atoms with Crippen molar-refractivity contribution < 1.29 is 23.0 Å². The van der Waals surface area contributed by atoms with Crippen LogP contribution in [0, 0.1) is 5.92 Å². The first-order valence-corrected chi connectivity index (χ1v) is 12.4. The molecule has 2 heterocycles. The molecule has 1 aliphatic heterocycles. The number of nitrogens with zero attached hydrogens (tertiary/aromatic N) is 5. The van der Waals surface area contributed by atoms with E-state index in [1.165, 1.54) is 38.7 Å². The Morgan fingerprint density at radius 3 is 2.49 bits per heavy atom. The summed E-state index contributed by atoms with van der Waals surface area (Å²) in [5.41, 5.74) is 1.63. The van der Waals surface area contributed by atoms with Crippen LogP contribution in [0.4, 0.5) is 5.82 Å². The molecular formula is C24H27N5O5S. The summed E-state index contributed by atoms with van der Waals surface area (Å²) in [5, 5.41) is 16.7. The van der Waals surface area contributed by atoms with Gasteiger partial charge in [-0.2, -0.15) is 5.10 Å². The first-order chi connectivity index (χ1) is 16.8. The number of anilines is 1. The van der Waals surface area contributed by atoms with Crippen LogP contribution >= 0.6 is 0 Å². The monoisotopic (exact) mass is 497 g/mol. The molecule has 3 aromatic rings. The van der Waals surface area contributed by atoms with Gasteiger partial charge in [-0.3, -0.25) is 5.01 Å². The second-order valence-corrected chi connectivity index (χ2v) is 9.96. The highest BCUT2D eigenvalue weighted by atomic mass is 32.2. The van der Waals surface area contributed by atoms with E-state index in [9.17, 15) is 13.5 Å². The van der Waals surface area contributed by atoms with E-state index in [1.54, 1.807) is 17.1 Å². The van der Waals surface area contributed by atoms with Crippen LogP contribution in [0.25, 0.3) is 0 Å². The maximum Gasteiger partial charge on any atom is 0.265 e. The second-order valence-electron chi connectivity index (χ2n) is 7.99. The van der Waals surface area contributed by atoms with Crippen molar-refractivity contribution in [2.75, 3.05) is 31.6 Å².